The van der Waals surface area contributed by atoms with Crippen molar-refractivity contribution in [1.82, 2.24) is 20.3 Å². The second-order valence-electron chi connectivity index (χ2n) is 8.89. The van der Waals surface area contributed by atoms with Crippen molar-refractivity contribution in [2.24, 2.45) is 0 Å². The van der Waals surface area contributed by atoms with Crippen LogP contribution >= 0.6 is 0 Å². The van der Waals surface area contributed by atoms with Crippen LogP contribution in [0.1, 0.15) is 19.4 Å². The minimum Gasteiger partial charge on any atom is -0.496 e. The highest BCUT2D eigenvalue weighted by atomic mass is 16.5. The van der Waals surface area contributed by atoms with Crippen LogP contribution in [0, 0.1) is 0 Å². The summed E-state index contributed by atoms with van der Waals surface area (Å²) in [7, 11) is 3.44. The Labute approximate surface area is 208 Å². The highest BCUT2D eigenvalue weighted by molar-refractivity contribution is 6.39. The van der Waals surface area contributed by atoms with Crippen molar-refractivity contribution in [2.75, 3.05) is 24.4 Å². The Morgan fingerprint density at radius 2 is 1.92 bits per heavy atom. The molecule has 0 aliphatic carbocycles. The van der Waals surface area contributed by atoms with Gasteiger partial charge < -0.3 is 29.7 Å². The van der Waals surface area contributed by atoms with Crippen molar-refractivity contribution >= 4 is 29.1 Å². The molecule has 36 heavy (non-hydrogen) atoms. The summed E-state index contributed by atoms with van der Waals surface area (Å²) < 4.78 is 10.7. The molecule has 3 N–H and O–H groups in total. The van der Waals surface area contributed by atoms with E-state index >= 15 is 0 Å². The first-order chi connectivity index (χ1) is 17.3. The number of oxazole rings is 1. The van der Waals surface area contributed by atoms with E-state index in [0.29, 0.717) is 29.2 Å². The highest BCUT2D eigenvalue weighted by Gasteiger charge is 2.25. The normalized spacial score (nSPS) is 11.1. The number of rotatable bonds is 8. The van der Waals surface area contributed by atoms with Crippen molar-refractivity contribution in [3.05, 3.63) is 73.0 Å². The number of benzene rings is 2. The van der Waals surface area contributed by atoms with Crippen molar-refractivity contribution in [3.63, 3.8) is 0 Å². The molecule has 4 rings (SSSR count). The Morgan fingerprint density at radius 3 is 2.56 bits per heavy atom. The fourth-order valence-electron chi connectivity index (χ4n) is 3.83. The molecule has 0 radical (unpaired) electrons. The largest absolute Gasteiger partial charge is 0.496 e. The maximum atomic E-state index is 12.6. The molecule has 0 atom stereocenters. The van der Waals surface area contributed by atoms with Gasteiger partial charge in [-0.25, -0.2) is 9.97 Å². The first-order valence-electron chi connectivity index (χ1n) is 11.3. The molecule has 0 aliphatic heterocycles. The van der Waals surface area contributed by atoms with E-state index in [1.54, 1.807) is 36.8 Å². The fourth-order valence-corrected chi connectivity index (χ4v) is 3.83. The molecule has 186 valence electrons. The number of nitrogens with zero attached hydrogens (tertiary/aromatic N) is 3. The van der Waals surface area contributed by atoms with E-state index in [-0.39, 0.29) is 0 Å². The number of ether oxygens (including phenoxy) is 1. The Morgan fingerprint density at radius 1 is 1.14 bits per heavy atom. The molecule has 2 heterocycles. The summed E-state index contributed by atoms with van der Waals surface area (Å²) >= 11 is 0. The summed E-state index contributed by atoms with van der Waals surface area (Å²) in [6.45, 7) is 3.74. The molecule has 2 aromatic heterocycles. The standard InChI is InChI=1S/C26H28N6O4/c1-26(2,14-17-5-8-19(9-6-17)32(3)25-28-11-12-29-25)31-24(34)23(33)30-18-7-10-20(21(13-18)35-4)22-15-27-16-36-22/h5-13,15-16H,14H2,1-4H3,(H,28,29)(H,30,33)(H,31,34). The van der Waals surface area contributed by atoms with Crippen molar-refractivity contribution in [2.45, 2.75) is 25.8 Å². The van der Waals surface area contributed by atoms with Crippen molar-refractivity contribution in [3.8, 4) is 17.1 Å². The van der Waals surface area contributed by atoms with Crippen LogP contribution in [0.3, 0.4) is 0 Å². The maximum Gasteiger partial charge on any atom is 0.313 e. The van der Waals surface area contributed by atoms with E-state index in [0.717, 1.165) is 17.2 Å². The van der Waals surface area contributed by atoms with Gasteiger partial charge in [-0.2, -0.15) is 0 Å². The smallest absolute Gasteiger partial charge is 0.313 e. The maximum absolute atomic E-state index is 12.6. The van der Waals surface area contributed by atoms with Crippen LogP contribution in [-0.2, 0) is 16.0 Å². The zero-order valence-corrected chi connectivity index (χ0v) is 20.5. The molecule has 10 nitrogen and oxygen atoms in total. The Kier molecular flexibility index (Phi) is 7.05. The summed E-state index contributed by atoms with van der Waals surface area (Å²) in [5, 5.41) is 5.43. The summed E-state index contributed by atoms with van der Waals surface area (Å²) in [5.41, 5.74) is 2.44. The van der Waals surface area contributed by atoms with Gasteiger partial charge in [-0.15, -0.1) is 0 Å². The molecular formula is C26H28N6O4. The monoisotopic (exact) mass is 488 g/mol. The summed E-state index contributed by atoms with van der Waals surface area (Å²) in [6, 6.07) is 13.0. The summed E-state index contributed by atoms with van der Waals surface area (Å²) in [5.74, 6) is 0.253. The van der Waals surface area contributed by atoms with E-state index < -0.39 is 17.4 Å². The van der Waals surface area contributed by atoms with E-state index in [2.05, 4.69) is 25.6 Å². The molecule has 4 aromatic rings. The SMILES string of the molecule is COc1cc(NC(=O)C(=O)NC(C)(C)Cc2ccc(N(C)c3ncc[nH]3)cc2)ccc1-c1cnco1. The number of methoxy groups -OCH3 is 1. The van der Waals surface area contributed by atoms with Gasteiger partial charge in [0.15, 0.2) is 12.2 Å². The fraction of sp³-hybridized carbons (Fsp3) is 0.231. The van der Waals surface area contributed by atoms with Crippen LogP contribution in [0.5, 0.6) is 5.75 Å². The van der Waals surface area contributed by atoms with Gasteiger partial charge in [0, 0.05) is 42.4 Å². The van der Waals surface area contributed by atoms with E-state index in [1.807, 2.05) is 50.1 Å². The molecule has 0 unspecified atom stereocenters. The molecule has 2 amide bonds. The van der Waals surface area contributed by atoms with Crippen LogP contribution < -0.4 is 20.3 Å². The number of aromatic nitrogens is 3. The number of carbonyl (C=O) groups excluding carboxylic acids is 2. The van der Waals surface area contributed by atoms with Gasteiger partial charge in [0.2, 0.25) is 5.95 Å². The van der Waals surface area contributed by atoms with Crippen LogP contribution in [0.25, 0.3) is 11.3 Å². The predicted molar refractivity (Wildman–Crippen MR) is 136 cm³/mol. The van der Waals surface area contributed by atoms with Crippen LogP contribution in [-0.4, -0.2) is 46.5 Å². The van der Waals surface area contributed by atoms with Gasteiger partial charge >= 0.3 is 11.8 Å². The molecule has 0 saturated carbocycles. The number of hydrogen-bond donors (Lipinski definition) is 3. The van der Waals surface area contributed by atoms with Gasteiger partial charge in [0.1, 0.15) is 5.75 Å². The lowest BCUT2D eigenvalue weighted by atomic mass is 9.94. The highest BCUT2D eigenvalue weighted by Crippen LogP contribution is 2.32. The third-order valence-corrected chi connectivity index (χ3v) is 5.59. The first-order valence-corrected chi connectivity index (χ1v) is 11.3. The number of imidazole rings is 1. The van der Waals surface area contributed by atoms with Gasteiger partial charge in [-0.3, -0.25) is 9.59 Å². The summed E-state index contributed by atoms with van der Waals surface area (Å²) in [6.07, 6.45) is 6.90. The number of carbonyl (C=O) groups is 2. The molecule has 0 spiro atoms. The summed E-state index contributed by atoms with van der Waals surface area (Å²) in [4.78, 5) is 38.4. The molecule has 0 bridgehead atoms. The average molecular weight is 489 g/mol. The Hall–Kier alpha value is -4.60. The number of nitrogens with one attached hydrogen (secondary N) is 3. The van der Waals surface area contributed by atoms with Crippen molar-refractivity contribution in [1.29, 1.82) is 0 Å². The molecule has 0 aliphatic rings. The van der Waals surface area contributed by atoms with Gasteiger partial charge in [0.25, 0.3) is 0 Å². The van der Waals surface area contributed by atoms with Crippen LogP contribution in [0.4, 0.5) is 17.3 Å². The number of amides is 2. The lowest BCUT2D eigenvalue weighted by molar-refractivity contribution is -0.137. The second-order valence-corrected chi connectivity index (χ2v) is 8.89. The molecule has 10 heteroatoms. The first kappa shape index (κ1) is 24.5. The molecule has 0 saturated heterocycles. The predicted octanol–water partition coefficient (Wildman–Crippen LogP) is 3.92. The number of H-pyrrole nitrogens is 1. The van der Waals surface area contributed by atoms with Gasteiger partial charge in [0.05, 0.1) is 18.9 Å². The minimum atomic E-state index is -0.770. The van der Waals surface area contributed by atoms with Crippen LogP contribution in [0.15, 0.2) is 71.9 Å². The number of anilines is 3. The lowest BCUT2D eigenvalue weighted by Gasteiger charge is -2.26. The average Bonchev–Trinajstić information content (AvgIpc) is 3.58. The molecule has 2 aromatic carbocycles. The zero-order valence-electron chi connectivity index (χ0n) is 20.5. The lowest BCUT2D eigenvalue weighted by Crippen LogP contribution is -2.49. The third-order valence-electron chi connectivity index (χ3n) is 5.59. The van der Waals surface area contributed by atoms with E-state index in [1.165, 1.54) is 13.5 Å². The molecule has 0 fully saturated rings. The van der Waals surface area contributed by atoms with E-state index in [9.17, 15) is 9.59 Å². The Bertz CT molecular complexity index is 1320. The molecular weight excluding hydrogens is 460 g/mol. The number of hydrogen-bond acceptors (Lipinski definition) is 7. The quantitative estimate of drug-likeness (QED) is 0.321. The second kappa shape index (κ2) is 10.3. The minimum absolute atomic E-state index is 0.421. The van der Waals surface area contributed by atoms with E-state index in [4.69, 9.17) is 9.15 Å². The topological polar surface area (TPSA) is 125 Å². The van der Waals surface area contributed by atoms with Gasteiger partial charge in [-0.1, -0.05) is 12.1 Å². The zero-order chi connectivity index (χ0) is 25.7. The third kappa shape index (κ3) is 5.72. The Balaban J connectivity index is 1.36. The van der Waals surface area contributed by atoms with Crippen LogP contribution in [0.2, 0.25) is 0 Å². The van der Waals surface area contributed by atoms with Gasteiger partial charge in [-0.05, 0) is 50.1 Å². The number of aromatic amines is 1. The van der Waals surface area contributed by atoms with Crippen molar-refractivity contribution < 1.29 is 18.7 Å².